The monoisotopic (exact) mass is 307 g/mol. The molecule has 0 aromatic heterocycles. The highest BCUT2D eigenvalue weighted by Crippen LogP contribution is 2.21. The molecular weight excluding hydrogens is 285 g/mol. The quantitative estimate of drug-likeness (QED) is 0.896. The number of carbonyl (C=O) groups excluding carboxylic acids is 2. The fourth-order valence-electron chi connectivity index (χ4n) is 2.81. The lowest BCUT2D eigenvalue weighted by Gasteiger charge is -2.32. The van der Waals surface area contributed by atoms with E-state index in [9.17, 15) is 14.0 Å². The number of hydrogen-bond acceptors (Lipinski definition) is 2. The molecule has 1 aliphatic rings. The van der Waals surface area contributed by atoms with Crippen LogP contribution in [0.25, 0.3) is 0 Å². The molecule has 1 atom stereocenters. The number of primary amides is 1. The van der Waals surface area contributed by atoms with Crippen LogP contribution in [0.3, 0.4) is 0 Å². The summed E-state index contributed by atoms with van der Waals surface area (Å²) in [4.78, 5) is 24.9. The number of hydrogen-bond donors (Lipinski definition) is 2. The number of nitrogens with zero attached hydrogens (tertiary/aromatic N) is 1. The van der Waals surface area contributed by atoms with Gasteiger partial charge in [-0.1, -0.05) is 13.0 Å². The van der Waals surface area contributed by atoms with Crippen LogP contribution in [-0.2, 0) is 11.2 Å². The highest BCUT2D eigenvalue weighted by Gasteiger charge is 2.24. The summed E-state index contributed by atoms with van der Waals surface area (Å²) in [6.07, 6.45) is 2.64. The standard InChI is InChI=1S/C16H22FN3O2/c1-2-12-5-6-13(9-14(12)17)19-16(22)20-7-3-4-11(10-20)8-15(18)21/h5-6,9,11H,2-4,7-8,10H2,1H3,(H2,18,21)(H,19,22). The van der Waals surface area contributed by atoms with Crippen molar-refractivity contribution >= 4 is 17.6 Å². The van der Waals surface area contributed by atoms with Gasteiger partial charge < -0.3 is 16.0 Å². The molecule has 0 radical (unpaired) electrons. The number of aryl methyl sites for hydroxylation is 1. The van der Waals surface area contributed by atoms with Gasteiger partial charge in [0, 0.05) is 25.2 Å². The summed E-state index contributed by atoms with van der Waals surface area (Å²) in [6.45, 7) is 3.02. The van der Waals surface area contributed by atoms with E-state index in [0.717, 1.165) is 12.8 Å². The number of anilines is 1. The average Bonchev–Trinajstić information content (AvgIpc) is 2.47. The number of benzene rings is 1. The van der Waals surface area contributed by atoms with Gasteiger partial charge in [-0.25, -0.2) is 9.18 Å². The van der Waals surface area contributed by atoms with Crippen LogP contribution in [0.4, 0.5) is 14.9 Å². The number of halogens is 1. The van der Waals surface area contributed by atoms with Crippen LogP contribution in [-0.4, -0.2) is 29.9 Å². The Morgan fingerprint density at radius 2 is 2.23 bits per heavy atom. The summed E-state index contributed by atoms with van der Waals surface area (Å²) in [5.41, 5.74) is 6.28. The Labute approximate surface area is 129 Å². The zero-order valence-electron chi connectivity index (χ0n) is 12.8. The summed E-state index contributed by atoms with van der Waals surface area (Å²) in [5, 5.41) is 2.71. The van der Waals surface area contributed by atoms with Crippen molar-refractivity contribution in [3.05, 3.63) is 29.6 Å². The molecule has 1 aliphatic heterocycles. The maximum absolute atomic E-state index is 13.7. The van der Waals surface area contributed by atoms with Gasteiger partial charge in [0.1, 0.15) is 5.82 Å². The van der Waals surface area contributed by atoms with Crippen molar-refractivity contribution in [2.75, 3.05) is 18.4 Å². The summed E-state index contributed by atoms with van der Waals surface area (Å²) >= 11 is 0. The number of nitrogens with two attached hydrogens (primary N) is 1. The lowest BCUT2D eigenvalue weighted by molar-refractivity contribution is -0.119. The van der Waals surface area contributed by atoms with Gasteiger partial charge in [0.25, 0.3) is 0 Å². The minimum absolute atomic E-state index is 0.108. The molecule has 3 amide bonds. The molecule has 1 fully saturated rings. The van der Waals surface area contributed by atoms with E-state index in [-0.39, 0.29) is 23.7 Å². The highest BCUT2D eigenvalue weighted by atomic mass is 19.1. The fourth-order valence-corrected chi connectivity index (χ4v) is 2.81. The second kappa shape index (κ2) is 7.24. The first-order chi connectivity index (χ1) is 10.5. The number of rotatable bonds is 4. The fraction of sp³-hybridized carbons (Fsp3) is 0.500. The molecule has 0 saturated carbocycles. The van der Waals surface area contributed by atoms with Crippen molar-refractivity contribution in [2.24, 2.45) is 11.7 Å². The van der Waals surface area contributed by atoms with E-state index in [4.69, 9.17) is 5.73 Å². The number of likely N-dealkylation sites (tertiary alicyclic amines) is 1. The van der Waals surface area contributed by atoms with Gasteiger partial charge in [0.05, 0.1) is 0 Å². The average molecular weight is 307 g/mol. The van der Waals surface area contributed by atoms with Gasteiger partial charge in [-0.3, -0.25) is 4.79 Å². The van der Waals surface area contributed by atoms with Crippen LogP contribution >= 0.6 is 0 Å². The van der Waals surface area contributed by atoms with Gasteiger partial charge in [0.2, 0.25) is 5.91 Å². The molecular formula is C16H22FN3O2. The molecule has 1 heterocycles. The highest BCUT2D eigenvalue weighted by molar-refractivity contribution is 5.89. The summed E-state index contributed by atoms with van der Waals surface area (Å²) < 4.78 is 13.7. The normalized spacial score (nSPS) is 18.1. The van der Waals surface area contributed by atoms with E-state index in [2.05, 4.69) is 5.32 Å². The van der Waals surface area contributed by atoms with E-state index < -0.39 is 0 Å². The summed E-state index contributed by atoms with van der Waals surface area (Å²) in [7, 11) is 0. The smallest absolute Gasteiger partial charge is 0.321 e. The second-order valence-corrected chi connectivity index (χ2v) is 5.71. The van der Waals surface area contributed by atoms with E-state index in [1.54, 1.807) is 17.0 Å². The van der Waals surface area contributed by atoms with E-state index >= 15 is 0 Å². The SMILES string of the molecule is CCc1ccc(NC(=O)N2CCCC(CC(N)=O)C2)cc1F. The maximum Gasteiger partial charge on any atom is 0.321 e. The Bertz CT molecular complexity index is 562. The third-order valence-electron chi connectivity index (χ3n) is 3.98. The Kier molecular flexibility index (Phi) is 5.35. The van der Waals surface area contributed by atoms with Gasteiger partial charge in [-0.05, 0) is 42.9 Å². The Morgan fingerprint density at radius 1 is 1.45 bits per heavy atom. The van der Waals surface area contributed by atoms with Crippen LogP contribution < -0.4 is 11.1 Å². The Morgan fingerprint density at radius 3 is 2.86 bits per heavy atom. The van der Waals surface area contributed by atoms with Crippen molar-refractivity contribution in [1.82, 2.24) is 4.90 Å². The topological polar surface area (TPSA) is 75.4 Å². The number of amides is 3. The first kappa shape index (κ1) is 16.3. The van der Waals surface area contributed by atoms with E-state index in [0.29, 0.717) is 37.2 Å². The zero-order chi connectivity index (χ0) is 16.1. The van der Waals surface area contributed by atoms with E-state index in [1.807, 2.05) is 6.92 Å². The van der Waals surface area contributed by atoms with Crippen LogP contribution in [0.5, 0.6) is 0 Å². The lowest BCUT2D eigenvalue weighted by atomic mass is 9.95. The zero-order valence-corrected chi connectivity index (χ0v) is 12.8. The molecule has 0 aliphatic carbocycles. The molecule has 0 bridgehead atoms. The molecule has 1 saturated heterocycles. The summed E-state index contributed by atoms with van der Waals surface area (Å²) in [5.74, 6) is -0.550. The van der Waals surface area contributed by atoms with Gasteiger partial charge in [0.15, 0.2) is 0 Å². The largest absolute Gasteiger partial charge is 0.370 e. The third kappa shape index (κ3) is 4.19. The molecule has 5 nitrogen and oxygen atoms in total. The summed E-state index contributed by atoms with van der Waals surface area (Å²) in [6, 6.07) is 4.45. The van der Waals surface area contributed by atoms with Crippen LogP contribution in [0.2, 0.25) is 0 Å². The first-order valence-electron chi connectivity index (χ1n) is 7.62. The van der Waals surface area contributed by atoms with E-state index in [1.165, 1.54) is 6.07 Å². The Balaban J connectivity index is 1.96. The number of nitrogens with one attached hydrogen (secondary N) is 1. The molecule has 1 aromatic rings. The van der Waals surface area contributed by atoms with Gasteiger partial charge >= 0.3 is 6.03 Å². The molecule has 22 heavy (non-hydrogen) atoms. The van der Waals surface area contributed by atoms with Crippen molar-refractivity contribution < 1.29 is 14.0 Å². The molecule has 0 spiro atoms. The molecule has 6 heteroatoms. The molecule has 3 N–H and O–H groups in total. The van der Waals surface area contributed by atoms with Gasteiger partial charge in [-0.15, -0.1) is 0 Å². The number of urea groups is 1. The third-order valence-corrected chi connectivity index (χ3v) is 3.98. The first-order valence-corrected chi connectivity index (χ1v) is 7.62. The van der Waals surface area contributed by atoms with Crippen LogP contribution in [0, 0.1) is 11.7 Å². The van der Waals surface area contributed by atoms with Gasteiger partial charge in [-0.2, -0.15) is 0 Å². The minimum Gasteiger partial charge on any atom is -0.370 e. The predicted molar refractivity (Wildman–Crippen MR) is 82.9 cm³/mol. The van der Waals surface area contributed by atoms with Crippen molar-refractivity contribution in [3.8, 4) is 0 Å². The van der Waals surface area contributed by atoms with Crippen LogP contribution in [0.1, 0.15) is 31.7 Å². The second-order valence-electron chi connectivity index (χ2n) is 5.71. The number of piperidine rings is 1. The predicted octanol–water partition coefficient (Wildman–Crippen LogP) is 2.51. The van der Waals surface area contributed by atoms with Crippen molar-refractivity contribution in [1.29, 1.82) is 0 Å². The van der Waals surface area contributed by atoms with Crippen molar-refractivity contribution in [3.63, 3.8) is 0 Å². The molecule has 1 aromatic carbocycles. The molecule has 2 rings (SSSR count). The molecule has 120 valence electrons. The van der Waals surface area contributed by atoms with Crippen molar-refractivity contribution in [2.45, 2.75) is 32.6 Å². The Hall–Kier alpha value is -2.11. The molecule has 1 unspecified atom stereocenters. The lowest BCUT2D eigenvalue weighted by Crippen LogP contribution is -2.43. The maximum atomic E-state index is 13.7. The minimum atomic E-state index is -0.343. The van der Waals surface area contributed by atoms with Crippen LogP contribution in [0.15, 0.2) is 18.2 Å². The number of carbonyl (C=O) groups is 2.